The molecule has 1 N–H and O–H groups in total. The molecule has 3 aromatic rings. The molecule has 1 aromatic heterocycles. The minimum atomic E-state index is -3.59. The number of carbonyl (C=O) groups is 1. The van der Waals surface area contributed by atoms with Crippen molar-refractivity contribution in [3.63, 3.8) is 0 Å². The lowest BCUT2D eigenvalue weighted by molar-refractivity contribution is 0.102. The van der Waals surface area contributed by atoms with E-state index in [1.54, 1.807) is 41.8 Å². The standard InChI is InChI=1S/C20H20N2O3S2/c1-3-15-6-10-17(11-7-15)21-20(23)16-8-12-18(13-9-16)22(2)27(24,25)19-5-4-14-26-19/h4-14H,3H2,1-2H3,(H,21,23). The SMILES string of the molecule is CCc1ccc(NC(=O)c2ccc(N(C)S(=O)(=O)c3cccs3)cc2)cc1. The van der Waals surface area contributed by atoms with E-state index in [1.807, 2.05) is 24.3 Å². The number of thiophene rings is 1. The van der Waals surface area contributed by atoms with Gasteiger partial charge in [0.2, 0.25) is 0 Å². The van der Waals surface area contributed by atoms with Gasteiger partial charge in [0.1, 0.15) is 4.21 Å². The first-order valence-corrected chi connectivity index (χ1v) is 10.8. The van der Waals surface area contributed by atoms with Gasteiger partial charge < -0.3 is 5.32 Å². The average molecular weight is 401 g/mol. The summed E-state index contributed by atoms with van der Waals surface area (Å²) in [6.45, 7) is 2.07. The summed E-state index contributed by atoms with van der Waals surface area (Å²) in [7, 11) is -2.09. The number of hydrogen-bond donors (Lipinski definition) is 1. The van der Waals surface area contributed by atoms with Gasteiger partial charge in [-0.1, -0.05) is 25.1 Å². The monoisotopic (exact) mass is 400 g/mol. The zero-order chi connectivity index (χ0) is 19.4. The van der Waals surface area contributed by atoms with Crippen LogP contribution in [0.2, 0.25) is 0 Å². The van der Waals surface area contributed by atoms with Crippen LogP contribution in [0.3, 0.4) is 0 Å². The zero-order valence-electron chi connectivity index (χ0n) is 15.0. The summed E-state index contributed by atoms with van der Waals surface area (Å²) in [4.78, 5) is 12.4. The van der Waals surface area contributed by atoms with Crippen LogP contribution < -0.4 is 9.62 Å². The van der Waals surface area contributed by atoms with Crippen LogP contribution >= 0.6 is 11.3 Å². The van der Waals surface area contributed by atoms with Crippen molar-refractivity contribution in [1.29, 1.82) is 0 Å². The topological polar surface area (TPSA) is 66.5 Å². The summed E-state index contributed by atoms with van der Waals surface area (Å²) in [5.74, 6) is -0.241. The van der Waals surface area contributed by atoms with E-state index in [1.165, 1.54) is 28.3 Å². The molecule has 0 bridgehead atoms. The summed E-state index contributed by atoms with van der Waals surface area (Å²) >= 11 is 1.17. The summed E-state index contributed by atoms with van der Waals surface area (Å²) in [5, 5.41) is 4.57. The molecule has 0 unspecified atom stereocenters. The summed E-state index contributed by atoms with van der Waals surface area (Å²) in [6, 6.07) is 17.4. The number of sulfonamides is 1. The molecule has 0 saturated carbocycles. The van der Waals surface area contributed by atoms with E-state index < -0.39 is 10.0 Å². The van der Waals surface area contributed by atoms with Crippen LogP contribution in [0.5, 0.6) is 0 Å². The average Bonchev–Trinajstić information content (AvgIpc) is 3.24. The highest BCUT2D eigenvalue weighted by molar-refractivity contribution is 7.94. The fourth-order valence-corrected chi connectivity index (χ4v) is 4.89. The fourth-order valence-electron chi connectivity index (χ4n) is 2.53. The summed E-state index contributed by atoms with van der Waals surface area (Å²) in [6.07, 6.45) is 0.942. The first kappa shape index (κ1) is 19.1. The summed E-state index contributed by atoms with van der Waals surface area (Å²) < 4.78 is 26.6. The Morgan fingerprint density at radius 3 is 2.26 bits per heavy atom. The third kappa shape index (κ3) is 4.20. The van der Waals surface area contributed by atoms with Crippen molar-refractivity contribution in [3.05, 3.63) is 77.2 Å². The number of nitrogens with zero attached hydrogens (tertiary/aromatic N) is 1. The molecule has 0 aliphatic carbocycles. The number of carbonyl (C=O) groups excluding carboxylic acids is 1. The number of nitrogens with one attached hydrogen (secondary N) is 1. The third-order valence-electron chi connectivity index (χ3n) is 4.22. The van der Waals surface area contributed by atoms with Gasteiger partial charge in [-0.05, 0) is 59.8 Å². The van der Waals surface area contributed by atoms with Gasteiger partial charge in [0.25, 0.3) is 15.9 Å². The zero-order valence-corrected chi connectivity index (χ0v) is 16.7. The Balaban J connectivity index is 1.73. The lowest BCUT2D eigenvalue weighted by Crippen LogP contribution is -2.25. The van der Waals surface area contributed by atoms with E-state index in [0.717, 1.165) is 12.1 Å². The van der Waals surface area contributed by atoms with E-state index in [-0.39, 0.29) is 10.1 Å². The second-order valence-electron chi connectivity index (χ2n) is 5.96. The molecule has 140 valence electrons. The maximum absolute atomic E-state index is 12.6. The molecule has 1 amide bonds. The maximum Gasteiger partial charge on any atom is 0.273 e. The van der Waals surface area contributed by atoms with Crippen molar-refractivity contribution >= 4 is 38.6 Å². The highest BCUT2D eigenvalue weighted by atomic mass is 32.2. The molecule has 0 aliphatic rings. The molecule has 0 fully saturated rings. The third-order valence-corrected chi connectivity index (χ3v) is 7.38. The smallest absolute Gasteiger partial charge is 0.273 e. The maximum atomic E-state index is 12.6. The van der Waals surface area contributed by atoms with Gasteiger partial charge in [0.05, 0.1) is 5.69 Å². The van der Waals surface area contributed by atoms with E-state index in [4.69, 9.17) is 0 Å². The molecule has 0 aliphatic heterocycles. The number of anilines is 2. The Bertz CT molecular complexity index is 1010. The first-order chi connectivity index (χ1) is 12.9. The van der Waals surface area contributed by atoms with Crippen LogP contribution in [0.25, 0.3) is 0 Å². The molecule has 0 atom stereocenters. The van der Waals surface area contributed by atoms with Gasteiger partial charge in [-0.2, -0.15) is 0 Å². The van der Waals surface area contributed by atoms with Crippen molar-refractivity contribution in [3.8, 4) is 0 Å². The van der Waals surface area contributed by atoms with E-state index in [2.05, 4.69) is 12.2 Å². The summed E-state index contributed by atoms with van der Waals surface area (Å²) in [5.41, 5.74) is 2.87. The van der Waals surface area contributed by atoms with Crippen LogP contribution in [-0.2, 0) is 16.4 Å². The second-order valence-corrected chi connectivity index (χ2v) is 9.10. The normalized spacial score (nSPS) is 11.2. The molecule has 3 rings (SSSR count). The van der Waals surface area contributed by atoms with Gasteiger partial charge in [-0.15, -0.1) is 11.3 Å². The molecule has 0 spiro atoms. The second kappa shape index (κ2) is 7.94. The quantitative estimate of drug-likeness (QED) is 0.667. The number of benzene rings is 2. The van der Waals surface area contributed by atoms with Gasteiger partial charge >= 0.3 is 0 Å². The van der Waals surface area contributed by atoms with Crippen LogP contribution in [-0.4, -0.2) is 21.4 Å². The Morgan fingerprint density at radius 2 is 1.70 bits per heavy atom. The van der Waals surface area contributed by atoms with Crippen molar-refractivity contribution in [2.24, 2.45) is 0 Å². The van der Waals surface area contributed by atoms with Gasteiger partial charge in [-0.3, -0.25) is 9.10 Å². The lowest BCUT2D eigenvalue weighted by atomic mass is 10.1. The Hall–Kier alpha value is -2.64. The van der Waals surface area contributed by atoms with Gasteiger partial charge in [0.15, 0.2) is 0 Å². The Kier molecular flexibility index (Phi) is 5.62. The van der Waals surface area contributed by atoms with Crippen LogP contribution in [0, 0.1) is 0 Å². The molecule has 27 heavy (non-hydrogen) atoms. The van der Waals surface area contributed by atoms with Gasteiger partial charge in [-0.25, -0.2) is 8.42 Å². The van der Waals surface area contributed by atoms with E-state index in [0.29, 0.717) is 11.3 Å². The highest BCUT2D eigenvalue weighted by Gasteiger charge is 2.22. The fraction of sp³-hybridized carbons (Fsp3) is 0.150. The van der Waals surface area contributed by atoms with Crippen molar-refractivity contribution in [2.75, 3.05) is 16.7 Å². The van der Waals surface area contributed by atoms with Crippen molar-refractivity contribution in [2.45, 2.75) is 17.6 Å². The minimum Gasteiger partial charge on any atom is -0.322 e. The molecule has 5 nitrogen and oxygen atoms in total. The Labute approximate surface area is 163 Å². The van der Waals surface area contributed by atoms with Crippen LogP contribution in [0.1, 0.15) is 22.8 Å². The largest absolute Gasteiger partial charge is 0.322 e. The predicted octanol–water partition coefficient (Wildman–Crippen LogP) is 4.39. The number of hydrogen-bond acceptors (Lipinski definition) is 4. The molecular formula is C20H20N2O3S2. The molecule has 7 heteroatoms. The minimum absolute atomic E-state index is 0.241. The van der Waals surface area contributed by atoms with Crippen molar-refractivity contribution in [1.82, 2.24) is 0 Å². The van der Waals surface area contributed by atoms with E-state index >= 15 is 0 Å². The molecular weight excluding hydrogens is 380 g/mol. The number of aryl methyl sites for hydroxylation is 1. The van der Waals surface area contributed by atoms with Gasteiger partial charge in [0, 0.05) is 18.3 Å². The number of amides is 1. The van der Waals surface area contributed by atoms with Crippen LogP contribution in [0.4, 0.5) is 11.4 Å². The molecule has 0 radical (unpaired) electrons. The molecule has 2 aromatic carbocycles. The highest BCUT2D eigenvalue weighted by Crippen LogP contribution is 2.25. The van der Waals surface area contributed by atoms with Crippen LogP contribution in [0.15, 0.2) is 70.3 Å². The predicted molar refractivity (Wildman–Crippen MR) is 110 cm³/mol. The Morgan fingerprint density at radius 1 is 1.04 bits per heavy atom. The first-order valence-electron chi connectivity index (χ1n) is 8.44. The van der Waals surface area contributed by atoms with E-state index in [9.17, 15) is 13.2 Å². The molecule has 0 saturated heterocycles. The van der Waals surface area contributed by atoms with Crippen molar-refractivity contribution < 1.29 is 13.2 Å². The lowest BCUT2D eigenvalue weighted by Gasteiger charge is -2.18. The number of rotatable bonds is 6. The molecule has 1 heterocycles.